The number of methoxy groups -OCH3 is 3. The van der Waals surface area contributed by atoms with Gasteiger partial charge in [-0.15, -0.1) is 0 Å². The van der Waals surface area contributed by atoms with Crippen molar-refractivity contribution in [2.75, 3.05) is 41.7 Å². The number of ether oxygens (including phenoxy) is 6. The fourth-order valence-electron chi connectivity index (χ4n) is 6.48. The minimum atomic E-state index is -0.223. The predicted molar refractivity (Wildman–Crippen MR) is 191 cm³/mol. The van der Waals surface area contributed by atoms with Crippen molar-refractivity contribution in [3.63, 3.8) is 0 Å². The zero-order valence-electron chi connectivity index (χ0n) is 27.4. The van der Waals surface area contributed by atoms with E-state index < -0.39 is 0 Å². The molecule has 10 nitrogen and oxygen atoms in total. The van der Waals surface area contributed by atoms with Crippen molar-refractivity contribution in [3.8, 4) is 39.7 Å². The van der Waals surface area contributed by atoms with Crippen LogP contribution in [0.4, 0.5) is 0 Å². The molecule has 0 radical (unpaired) electrons. The highest BCUT2D eigenvalue weighted by Gasteiger charge is 2.24. The second-order valence-corrected chi connectivity index (χ2v) is 11.7. The SMILES string of the molecule is COCOc1ccc2c(ccc3c(-c4cc(OCOC)cc5oc6c(ccc7cc(OCOC)ccc76)c(=O)c45)c4ccc(=O)cc-4oc32)c1. The first-order chi connectivity index (χ1) is 24.5. The van der Waals surface area contributed by atoms with E-state index in [0.29, 0.717) is 67.2 Å². The van der Waals surface area contributed by atoms with Gasteiger partial charge in [0.1, 0.15) is 39.8 Å². The Morgan fingerprint density at radius 3 is 1.74 bits per heavy atom. The maximum atomic E-state index is 14.7. The molecule has 1 aliphatic carbocycles. The van der Waals surface area contributed by atoms with E-state index in [4.69, 9.17) is 37.3 Å². The van der Waals surface area contributed by atoms with Gasteiger partial charge >= 0.3 is 0 Å². The Morgan fingerprint density at radius 2 is 1.10 bits per heavy atom. The van der Waals surface area contributed by atoms with Gasteiger partial charge in [-0.25, -0.2) is 0 Å². The molecule has 1 aromatic heterocycles. The van der Waals surface area contributed by atoms with Crippen LogP contribution in [0, 0.1) is 0 Å². The summed E-state index contributed by atoms with van der Waals surface area (Å²) in [7, 11) is 4.65. The maximum Gasteiger partial charge on any atom is 0.201 e. The van der Waals surface area contributed by atoms with Crippen LogP contribution in [0.2, 0.25) is 0 Å². The van der Waals surface area contributed by atoms with Gasteiger partial charge in [-0.1, -0.05) is 12.1 Å². The van der Waals surface area contributed by atoms with Crippen LogP contribution in [0.1, 0.15) is 0 Å². The maximum absolute atomic E-state index is 14.7. The summed E-state index contributed by atoms with van der Waals surface area (Å²) < 4.78 is 45.7. The van der Waals surface area contributed by atoms with E-state index in [9.17, 15) is 9.59 Å². The van der Waals surface area contributed by atoms with Crippen LogP contribution in [-0.4, -0.2) is 41.7 Å². The van der Waals surface area contributed by atoms with Crippen LogP contribution in [-0.2, 0) is 14.2 Å². The number of fused-ring (bicyclic) bond motifs is 8. The second-order valence-electron chi connectivity index (χ2n) is 11.7. The molecule has 0 fully saturated rings. The number of hydrogen-bond acceptors (Lipinski definition) is 10. The largest absolute Gasteiger partial charge is 0.468 e. The Balaban J connectivity index is 1.45. The molecule has 10 heteroatoms. The fourth-order valence-corrected chi connectivity index (χ4v) is 6.48. The van der Waals surface area contributed by atoms with Gasteiger partial charge in [0.05, 0.1) is 10.8 Å². The van der Waals surface area contributed by atoms with Crippen LogP contribution in [0.3, 0.4) is 0 Å². The summed E-state index contributed by atoms with van der Waals surface area (Å²) in [6.07, 6.45) is 0. The summed E-state index contributed by atoms with van der Waals surface area (Å²) >= 11 is 0. The molecule has 2 aliphatic rings. The van der Waals surface area contributed by atoms with Crippen molar-refractivity contribution in [2.45, 2.75) is 0 Å². The van der Waals surface area contributed by atoms with E-state index in [1.807, 2.05) is 54.6 Å². The highest BCUT2D eigenvalue weighted by Crippen LogP contribution is 2.45. The van der Waals surface area contributed by atoms with Gasteiger partial charge in [-0.2, -0.15) is 0 Å². The molecule has 2 heterocycles. The quantitative estimate of drug-likeness (QED) is 0.0803. The molecule has 0 spiro atoms. The topological polar surface area (TPSA) is 116 Å². The van der Waals surface area contributed by atoms with Crippen molar-refractivity contribution in [1.82, 2.24) is 0 Å². The fraction of sp³-hybridized carbons (Fsp3) is 0.150. The lowest BCUT2D eigenvalue weighted by Crippen LogP contribution is -2.07. The summed E-state index contributed by atoms with van der Waals surface area (Å²) in [6, 6.07) is 26.8. The zero-order valence-corrected chi connectivity index (χ0v) is 27.4. The Kier molecular flexibility index (Phi) is 8.04. The molecule has 8 rings (SSSR count). The molecule has 0 saturated heterocycles. The molecule has 250 valence electrons. The van der Waals surface area contributed by atoms with Crippen LogP contribution >= 0.6 is 0 Å². The summed E-state index contributed by atoms with van der Waals surface area (Å²) in [6.45, 7) is 0.187. The molecule has 0 unspecified atom stereocenters. The molecule has 50 heavy (non-hydrogen) atoms. The molecule has 0 amide bonds. The van der Waals surface area contributed by atoms with Gasteiger partial charge in [0, 0.05) is 66.3 Å². The van der Waals surface area contributed by atoms with Gasteiger partial charge in [0.25, 0.3) is 0 Å². The lowest BCUT2D eigenvalue weighted by atomic mass is 9.90. The van der Waals surface area contributed by atoms with Gasteiger partial charge in [0.2, 0.25) is 5.43 Å². The molecule has 0 atom stereocenters. The van der Waals surface area contributed by atoms with Crippen LogP contribution < -0.4 is 25.1 Å². The van der Waals surface area contributed by atoms with E-state index in [1.54, 1.807) is 38.5 Å². The van der Waals surface area contributed by atoms with Crippen molar-refractivity contribution in [1.29, 1.82) is 0 Å². The number of rotatable bonds is 10. The first kappa shape index (κ1) is 31.3. The van der Waals surface area contributed by atoms with Crippen LogP contribution in [0.15, 0.2) is 109 Å². The van der Waals surface area contributed by atoms with E-state index in [0.717, 1.165) is 26.9 Å². The average Bonchev–Trinajstić information content (AvgIpc) is 3.13. The lowest BCUT2D eigenvalue weighted by molar-refractivity contribution is 0.0510. The summed E-state index contributed by atoms with van der Waals surface area (Å²) in [5, 5.41) is 4.71. The first-order valence-electron chi connectivity index (χ1n) is 15.7. The molecular weight excluding hydrogens is 640 g/mol. The van der Waals surface area contributed by atoms with Crippen molar-refractivity contribution < 1.29 is 37.3 Å². The second kappa shape index (κ2) is 12.8. The van der Waals surface area contributed by atoms with Crippen molar-refractivity contribution in [2.24, 2.45) is 0 Å². The van der Waals surface area contributed by atoms with E-state index in [2.05, 4.69) is 0 Å². The molecule has 1 aliphatic heterocycles. The Labute approximate surface area is 284 Å². The summed E-state index contributed by atoms with van der Waals surface area (Å²) in [5.74, 6) is 2.05. The van der Waals surface area contributed by atoms with Gasteiger partial charge < -0.3 is 37.3 Å². The van der Waals surface area contributed by atoms with Gasteiger partial charge in [-0.05, 0) is 77.5 Å². The van der Waals surface area contributed by atoms with E-state index in [-0.39, 0.29) is 31.2 Å². The molecular formula is C40H30O10. The van der Waals surface area contributed by atoms with E-state index in [1.165, 1.54) is 19.2 Å². The Hall–Kier alpha value is -5.94. The highest BCUT2D eigenvalue weighted by atomic mass is 16.7. The Bertz CT molecular complexity index is 2670. The normalized spacial score (nSPS) is 11.7. The van der Waals surface area contributed by atoms with Crippen LogP contribution in [0.5, 0.6) is 17.2 Å². The zero-order chi connectivity index (χ0) is 34.4. The monoisotopic (exact) mass is 670 g/mol. The standard InChI is InChI=1S/C40H30O10/c1-43-19-46-25-7-12-28-22(14-25)4-9-31-36(30-11-6-24(41)16-34(30)49-39(28)31)33-17-27(48-21-45-3)18-35-37(33)38(42)32-10-5-23-15-26(47-20-44-2)8-13-29(23)40(32)50-35/h4-18H,19-21H2,1-3H3. The van der Waals surface area contributed by atoms with Gasteiger partial charge in [-0.3, -0.25) is 9.59 Å². The third-order valence-electron chi connectivity index (χ3n) is 8.65. The third-order valence-corrected chi connectivity index (χ3v) is 8.65. The minimum absolute atomic E-state index is 0.0286. The summed E-state index contributed by atoms with van der Waals surface area (Å²) in [5.41, 5.74) is 2.73. The van der Waals surface area contributed by atoms with Crippen LogP contribution in [0.25, 0.3) is 76.9 Å². The van der Waals surface area contributed by atoms with Crippen molar-refractivity contribution in [3.05, 3.63) is 111 Å². The molecule has 6 aromatic rings. The third kappa shape index (κ3) is 5.36. The van der Waals surface area contributed by atoms with Gasteiger partial charge in [0.15, 0.2) is 25.8 Å². The minimum Gasteiger partial charge on any atom is -0.468 e. The average molecular weight is 671 g/mol. The molecule has 0 saturated carbocycles. The predicted octanol–water partition coefficient (Wildman–Crippen LogP) is 8.08. The Morgan fingerprint density at radius 1 is 0.520 bits per heavy atom. The highest BCUT2D eigenvalue weighted by molar-refractivity contribution is 6.16. The molecule has 5 aromatic carbocycles. The molecule has 0 bridgehead atoms. The lowest BCUT2D eigenvalue weighted by Gasteiger charge is -2.19. The van der Waals surface area contributed by atoms with E-state index >= 15 is 0 Å². The first-order valence-corrected chi connectivity index (χ1v) is 15.7. The van der Waals surface area contributed by atoms with Crippen molar-refractivity contribution >= 4 is 54.5 Å². The number of hydrogen-bond donors (Lipinski definition) is 0. The number of benzene rings is 6. The smallest absolute Gasteiger partial charge is 0.201 e. The molecule has 0 N–H and O–H groups in total. The summed E-state index contributed by atoms with van der Waals surface area (Å²) in [4.78, 5) is 27.3.